The number of hydrogen-bond donors (Lipinski definition) is 0. The van der Waals surface area contributed by atoms with Crippen molar-refractivity contribution in [1.82, 2.24) is 0 Å². The number of nitrogens with zero attached hydrogens (tertiary/aromatic N) is 1. The van der Waals surface area contributed by atoms with E-state index < -0.39 is 5.97 Å². The van der Waals surface area contributed by atoms with Crippen LogP contribution in [0.25, 0.3) is 16.8 Å². The molecule has 0 atom stereocenters. The highest BCUT2D eigenvalue weighted by Gasteiger charge is 2.11. The van der Waals surface area contributed by atoms with E-state index in [0.29, 0.717) is 0 Å². The minimum absolute atomic E-state index is 0.0141. The third kappa shape index (κ3) is 3.26. The second-order valence-electron chi connectivity index (χ2n) is 4.30. The van der Waals surface area contributed by atoms with E-state index in [-0.39, 0.29) is 12.2 Å². The molecule has 21 heavy (non-hydrogen) atoms. The van der Waals surface area contributed by atoms with Crippen LogP contribution in [0.4, 0.5) is 0 Å². The smallest absolute Gasteiger partial charge is 0.348 e. The van der Waals surface area contributed by atoms with Crippen molar-refractivity contribution < 1.29 is 9.53 Å². The van der Waals surface area contributed by atoms with Crippen LogP contribution in [0.2, 0.25) is 0 Å². The van der Waals surface area contributed by atoms with Crippen LogP contribution >= 0.6 is 11.8 Å². The van der Waals surface area contributed by atoms with Gasteiger partial charge in [-0.25, -0.2) is 4.79 Å². The van der Waals surface area contributed by atoms with Gasteiger partial charge in [0.1, 0.15) is 11.6 Å². The lowest BCUT2D eigenvalue weighted by atomic mass is 10.0. The highest BCUT2D eigenvalue weighted by Crippen LogP contribution is 2.30. The second-order valence-corrected chi connectivity index (χ2v) is 5.14. The molecule has 0 aliphatic rings. The van der Waals surface area contributed by atoms with Gasteiger partial charge < -0.3 is 4.74 Å². The number of hydrogen-bond acceptors (Lipinski definition) is 4. The fourth-order valence-corrected chi connectivity index (χ4v) is 2.78. The van der Waals surface area contributed by atoms with Gasteiger partial charge in [-0.15, -0.1) is 11.8 Å². The maximum absolute atomic E-state index is 11.8. The van der Waals surface area contributed by atoms with Crippen molar-refractivity contribution in [3.8, 4) is 6.07 Å². The third-order valence-electron chi connectivity index (χ3n) is 3.03. The maximum Gasteiger partial charge on any atom is 0.348 e. The number of rotatable bonds is 4. The van der Waals surface area contributed by atoms with Crippen LogP contribution in [0.15, 0.2) is 46.9 Å². The Bertz CT molecular complexity index is 739. The summed E-state index contributed by atoms with van der Waals surface area (Å²) in [4.78, 5) is 12.9. The topological polar surface area (TPSA) is 50.1 Å². The average molecular weight is 297 g/mol. The summed E-state index contributed by atoms with van der Waals surface area (Å²) in [6.07, 6.45) is 3.60. The Morgan fingerprint density at radius 2 is 2.05 bits per heavy atom. The van der Waals surface area contributed by atoms with Crippen molar-refractivity contribution in [2.45, 2.75) is 11.8 Å². The highest BCUT2D eigenvalue weighted by atomic mass is 32.2. The monoisotopic (exact) mass is 297 g/mol. The van der Waals surface area contributed by atoms with Crippen molar-refractivity contribution in [2.75, 3.05) is 12.9 Å². The molecule has 0 aliphatic carbocycles. The molecule has 3 nitrogen and oxygen atoms in total. The molecule has 0 saturated carbocycles. The molecule has 2 aromatic carbocycles. The van der Waals surface area contributed by atoms with Crippen molar-refractivity contribution in [2.24, 2.45) is 0 Å². The number of benzene rings is 2. The summed E-state index contributed by atoms with van der Waals surface area (Å²) >= 11 is 1.64. The Morgan fingerprint density at radius 3 is 2.67 bits per heavy atom. The van der Waals surface area contributed by atoms with E-state index >= 15 is 0 Å². The Hall–Kier alpha value is -2.25. The summed E-state index contributed by atoms with van der Waals surface area (Å²) in [6, 6.07) is 13.8. The first-order chi connectivity index (χ1) is 10.2. The molecular formula is C17H15NO2S. The summed E-state index contributed by atoms with van der Waals surface area (Å²) in [5.41, 5.74) is 0.863. The van der Waals surface area contributed by atoms with E-state index in [1.54, 1.807) is 24.8 Å². The summed E-state index contributed by atoms with van der Waals surface area (Å²) < 4.78 is 4.90. The van der Waals surface area contributed by atoms with Crippen molar-refractivity contribution in [3.05, 3.63) is 47.5 Å². The average Bonchev–Trinajstić information content (AvgIpc) is 2.52. The van der Waals surface area contributed by atoms with Crippen LogP contribution in [0, 0.1) is 11.3 Å². The molecule has 0 aliphatic heterocycles. The Balaban J connectivity index is 2.61. The van der Waals surface area contributed by atoms with Gasteiger partial charge in [0.2, 0.25) is 0 Å². The number of fused-ring (bicyclic) bond motifs is 1. The predicted octanol–water partition coefficient (Wildman–Crippen LogP) is 4.03. The first-order valence-corrected chi connectivity index (χ1v) is 7.78. The number of esters is 1. The molecule has 0 aromatic heterocycles. The van der Waals surface area contributed by atoms with Crippen molar-refractivity contribution in [1.29, 1.82) is 5.26 Å². The molecule has 0 N–H and O–H groups in total. The molecule has 0 heterocycles. The fraction of sp³-hybridized carbons (Fsp3) is 0.176. The molecule has 0 unspecified atom stereocenters. The van der Waals surface area contributed by atoms with Crippen LogP contribution in [0.3, 0.4) is 0 Å². The van der Waals surface area contributed by atoms with Gasteiger partial charge in [0, 0.05) is 10.3 Å². The van der Waals surface area contributed by atoms with Gasteiger partial charge >= 0.3 is 5.97 Å². The van der Waals surface area contributed by atoms with Gasteiger partial charge in [-0.1, -0.05) is 30.3 Å². The van der Waals surface area contributed by atoms with Crippen LogP contribution in [-0.2, 0) is 9.53 Å². The molecular weight excluding hydrogens is 282 g/mol. The standard InChI is InChI=1S/C17H15NO2S/c1-3-20-17(19)14(11-18)10-13-8-4-6-12-7-5-9-15(21-2)16(12)13/h4-10H,3H2,1-2H3/b14-10+. The molecule has 0 spiro atoms. The molecule has 0 saturated heterocycles. The molecule has 0 bridgehead atoms. The quantitative estimate of drug-likeness (QED) is 0.370. The van der Waals surface area contributed by atoms with Crippen molar-refractivity contribution in [3.63, 3.8) is 0 Å². The normalized spacial score (nSPS) is 11.2. The summed E-state index contributed by atoms with van der Waals surface area (Å²) in [7, 11) is 0. The third-order valence-corrected chi connectivity index (χ3v) is 3.81. The van der Waals surface area contributed by atoms with Crippen molar-refractivity contribution >= 4 is 34.6 Å². The first-order valence-electron chi connectivity index (χ1n) is 6.56. The van der Waals surface area contributed by atoms with Gasteiger partial charge in [-0.3, -0.25) is 0 Å². The molecule has 0 amide bonds. The molecule has 2 rings (SSSR count). The summed E-state index contributed by atoms with van der Waals surface area (Å²) in [5.74, 6) is -0.585. The summed E-state index contributed by atoms with van der Waals surface area (Å²) in [5, 5.41) is 11.3. The van der Waals surface area contributed by atoms with E-state index in [9.17, 15) is 4.79 Å². The zero-order valence-electron chi connectivity index (χ0n) is 11.9. The molecule has 2 aromatic rings. The number of ether oxygens (including phenoxy) is 1. The highest BCUT2D eigenvalue weighted by molar-refractivity contribution is 7.98. The van der Waals surface area contributed by atoms with E-state index in [0.717, 1.165) is 21.2 Å². The largest absolute Gasteiger partial charge is 0.462 e. The van der Waals surface area contributed by atoms with Crippen LogP contribution < -0.4 is 0 Å². The van der Waals surface area contributed by atoms with Crippen LogP contribution in [-0.4, -0.2) is 18.8 Å². The lowest BCUT2D eigenvalue weighted by Gasteiger charge is -2.08. The number of carbonyl (C=O) groups is 1. The van der Waals surface area contributed by atoms with E-state index in [4.69, 9.17) is 10.00 Å². The number of thioether (sulfide) groups is 1. The number of nitriles is 1. The molecule has 0 radical (unpaired) electrons. The van der Waals surface area contributed by atoms with Gasteiger partial charge in [-0.2, -0.15) is 5.26 Å². The van der Waals surface area contributed by atoms with E-state index in [1.165, 1.54) is 0 Å². The number of carbonyl (C=O) groups excluding carboxylic acids is 1. The van der Waals surface area contributed by atoms with Gasteiger partial charge in [0.05, 0.1) is 6.61 Å². The van der Waals surface area contributed by atoms with Gasteiger partial charge in [-0.05, 0) is 36.3 Å². The molecule has 106 valence electrons. The van der Waals surface area contributed by atoms with E-state index in [1.807, 2.05) is 48.7 Å². The lowest BCUT2D eigenvalue weighted by molar-refractivity contribution is -0.137. The van der Waals surface area contributed by atoms with E-state index in [2.05, 4.69) is 0 Å². The Kier molecular flexibility index (Phi) is 5.02. The second kappa shape index (κ2) is 6.96. The molecule has 0 fully saturated rings. The van der Waals surface area contributed by atoms with Crippen LogP contribution in [0.1, 0.15) is 12.5 Å². The SMILES string of the molecule is CCOC(=O)/C(C#N)=C/c1cccc2cccc(SC)c12. The zero-order chi connectivity index (χ0) is 15.2. The Morgan fingerprint density at radius 1 is 1.33 bits per heavy atom. The Labute approximate surface area is 128 Å². The van der Waals surface area contributed by atoms with Crippen LogP contribution in [0.5, 0.6) is 0 Å². The van der Waals surface area contributed by atoms with Gasteiger partial charge in [0.25, 0.3) is 0 Å². The predicted molar refractivity (Wildman–Crippen MR) is 86.0 cm³/mol. The first kappa shape index (κ1) is 15.1. The fourth-order valence-electron chi connectivity index (χ4n) is 2.13. The molecule has 4 heteroatoms. The maximum atomic E-state index is 11.8. The minimum Gasteiger partial charge on any atom is -0.462 e. The zero-order valence-corrected chi connectivity index (χ0v) is 12.7. The minimum atomic E-state index is -0.585. The van der Waals surface area contributed by atoms with Gasteiger partial charge in [0.15, 0.2) is 0 Å². The summed E-state index contributed by atoms with van der Waals surface area (Å²) in [6.45, 7) is 1.97. The lowest BCUT2D eigenvalue weighted by Crippen LogP contribution is -2.06.